The van der Waals surface area contributed by atoms with E-state index in [0.717, 1.165) is 7.11 Å². The van der Waals surface area contributed by atoms with Gasteiger partial charge in [0.15, 0.2) is 0 Å². The van der Waals surface area contributed by atoms with Crippen molar-refractivity contribution in [1.82, 2.24) is 9.62 Å². The minimum atomic E-state index is -5.38. The molecule has 0 radical (unpaired) electrons. The molecule has 2 heterocycles. The summed E-state index contributed by atoms with van der Waals surface area (Å²) < 4.78 is 147. The van der Waals surface area contributed by atoms with Crippen LogP contribution < -0.4 is 10.5 Å². The molecule has 0 saturated heterocycles. The average Bonchev–Trinajstić information content (AvgIpc) is 2.94. The number of sulfonamides is 2. The molecule has 132 valence electrons. The van der Waals surface area contributed by atoms with Crippen LogP contribution in [-0.2, 0) is 24.8 Å². The van der Waals surface area contributed by atoms with Crippen molar-refractivity contribution in [2.24, 2.45) is 5.14 Å². The molecule has 0 saturated carbocycles. The van der Waals surface area contributed by atoms with Gasteiger partial charge in [-0.1, -0.05) is 6.85 Å². The maximum atomic E-state index is 13.4. The highest BCUT2D eigenvalue weighted by molar-refractivity contribution is 7.94. The van der Waals surface area contributed by atoms with E-state index in [0.29, 0.717) is 0 Å². The molecule has 11 heteroatoms. The number of nitrogens with one attached hydrogen (secondary N) is 1. The van der Waals surface area contributed by atoms with Crippen molar-refractivity contribution in [3.05, 3.63) is 11.6 Å². The first-order valence-electron chi connectivity index (χ1n) is 11.8. The highest BCUT2D eigenvalue weighted by Crippen LogP contribution is 2.39. The van der Waals surface area contributed by atoms with Gasteiger partial charge in [-0.05, 0) is 19.0 Å². The zero-order valence-electron chi connectivity index (χ0n) is 23.6. The van der Waals surface area contributed by atoms with E-state index in [1.807, 2.05) is 0 Å². The fourth-order valence-corrected chi connectivity index (χ4v) is 5.37. The van der Waals surface area contributed by atoms with E-state index in [1.165, 1.54) is 0 Å². The smallest absolute Gasteiger partial charge is 0.252 e. The van der Waals surface area contributed by atoms with E-state index in [4.69, 9.17) is 21.6 Å². The van der Waals surface area contributed by atoms with Gasteiger partial charge >= 0.3 is 0 Å². The number of hydrogen-bond acceptors (Lipinski definition) is 7. The maximum Gasteiger partial charge on any atom is 0.252 e. The molecule has 1 aliphatic rings. The quantitative estimate of drug-likeness (QED) is 0.675. The van der Waals surface area contributed by atoms with Crippen LogP contribution in [0.25, 0.3) is 0 Å². The summed E-state index contributed by atoms with van der Waals surface area (Å²) in [6.07, 6.45) is -1.40. The molecular weight excluding hydrogens is 362 g/mol. The predicted octanol–water partition coefficient (Wildman–Crippen LogP) is 0.0869. The summed E-state index contributed by atoms with van der Waals surface area (Å²) in [5, 5.41) is 6.78. The van der Waals surface area contributed by atoms with Crippen molar-refractivity contribution < 1.29 is 38.0 Å². The Morgan fingerprint density at radius 3 is 3.09 bits per heavy atom. The molecule has 0 amide bonds. The molecule has 0 unspecified atom stereocenters. The van der Waals surface area contributed by atoms with E-state index in [9.17, 15) is 16.8 Å². The van der Waals surface area contributed by atoms with Gasteiger partial charge in [0, 0.05) is 50.6 Å². The molecule has 0 bridgehead atoms. The van der Waals surface area contributed by atoms with E-state index in [-0.39, 0.29) is 11.3 Å². The Kier molecular flexibility index (Phi) is 2.55. The van der Waals surface area contributed by atoms with Crippen LogP contribution in [0.1, 0.15) is 41.3 Å². The second-order valence-corrected chi connectivity index (χ2v) is 8.80. The lowest BCUT2D eigenvalue weighted by molar-refractivity contribution is 0.185. The van der Waals surface area contributed by atoms with Crippen LogP contribution in [0.4, 0.5) is 0 Å². The third kappa shape index (κ3) is 3.92. The Labute approximate surface area is 157 Å². The van der Waals surface area contributed by atoms with Crippen LogP contribution >= 0.6 is 11.3 Å². The fourth-order valence-electron chi connectivity index (χ4n) is 1.65. The zero-order chi connectivity index (χ0) is 27.8. The topological polar surface area (TPSA) is 119 Å². The SMILES string of the molecule is [2H]c1c(S(N)(=O)=O)sc2c1[C@@H](NC([2H])([2H])C([2H])([2H])[2H])C([2H])([2H])N(C([2H])([2H])CC([2H])([2H])OC)S2(=O)=O. The molecule has 1 aromatic rings. The van der Waals surface area contributed by atoms with Gasteiger partial charge in [-0.2, -0.15) is 4.31 Å². The summed E-state index contributed by atoms with van der Waals surface area (Å²) in [7, 11) is -9.32. The summed E-state index contributed by atoms with van der Waals surface area (Å²) in [5.74, 6) is 0. The first-order valence-corrected chi connectivity index (χ1v) is 9.59. The van der Waals surface area contributed by atoms with Crippen molar-refractivity contribution in [1.29, 1.82) is 0 Å². The van der Waals surface area contributed by atoms with Crippen LogP contribution in [0.15, 0.2) is 14.5 Å². The molecule has 8 nitrogen and oxygen atoms in total. The van der Waals surface area contributed by atoms with Crippen molar-refractivity contribution in [2.45, 2.75) is 27.7 Å². The molecule has 23 heavy (non-hydrogen) atoms. The van der Waals surface area contributed by atoms with E-state index in [2.05, 4.69) is 4.74 Å². The van der Waals surface area contributed by atoms with Crippen LogP contribution in [0.5, 0.6) is 0 Å². The standard InChI is InChI=1S/C12H21N3O5S3/c1-3-14-10-8-15(5-4-6-20-2)23(18,19)12-9(10)7-11(21-12)22(13,16)17/h7,10,14H,3-6,8H2,1-2H3,(H2,13,16,17)/t10-/m0/s1/i1D3,3D2,5D2,6D2,7D,8D2. The third-order valence-electron chi connectivity index (χ3n) is 2.57. The number of likely N-dealkylation sites (N-methyl/N-ethyl adjacent to an activating group) is 1. The molecule has 1 aliphatic heterocycles. The molecule has 3 N–H and O–H groups in total. The lowest BCUT2D eigenvalue weighted by atomic mass is 10.1. The largest absolute Gasteiger partial charge is 0.385 e. The maximum absolute atomic E-state index is 13.4. The highest BCUT2D eigenvalue weighted by atomic mass is 32.3. The normalized spacial score (nSPS) is 33.6. The number of methoxy groups -OCH3 is 1. The van der Waals surface area contributed by atoms with E-state index in [1.54, 1.807) is 5.32 Å². The minimum Gasteiger partial charge on any atom is -0.385 e. The molecule has 0 fully saturated rings. The molecule has 0 aliphatic carbocycles. The molecular formula is C12H21N3O5S3. The first kappa shape index (κ1) is 8.21. The van der Waals surface area contributed by atoms with Crippen molar-refractivity contribution in [2.75, 3.05) is 33.2 Å². The van der Waals surface area contributed by atoms with Gasteiger partial charge < -0.3 is 10.1 Å². The number of fused-ring (bicyclic) bond motifs is 1. The van der Waals surface area contributed by atoms with Crippen molar-refractivity contribution >= 4 is 31.4 Å². The van der Waals surface area contributed by atoms with Gasteiger partial charge in [0.1, 0.15) is 8.42 Å². The van der Waals surface area contributed by atoms with Gasteiger partial charge in [-0.3, -0.25) is 0 Å². The third-order valence-corrected chi connectivity index (χ3v) is 7.11. The average molecular weight is 396 g/mol. The van der Waals surface area contributed by atoms with Crippen LogP contribution in [-0.4, -0.2) is 54.3 Å². The molecule has 1 aromatic heterocycles. The Morgan fingerprint density at radius 1 is 1.74 bits per heavy atom. The Bertz CT molecular complexity index is 1210. The molecule has 2 rings (SSSR count). The lowest BCUT2D eigenvalue weighted by Gasteiger charge is -2.32. The van der Waals surface area contributed by atoms with Crippen molar-refractivity contribution in [3.63, 3.8) is 0 Å². The lowest BCUT2D eigenvalue weighted by Crippen LogP contribution is -2.43. The van der Waals surface area contributed by atoms with Gasteiger partial charge in [-0.25, -0.2) is 22.0 Å². The van der Waals surface area contributed by atoms with Gasteiger partial charge in [0.05, 0.1) is 4.11 Å². The molecule has 1 atom stereocenters. The van der Waals surface area contributed by atoms with Gasteiger partial charge in [-0.15, -0.1) is 11.3 Å². The number of primary sulfonamides is 1. The zero-order valence-corrected chi connectivity index (χ0v) is 14.0. The van der Waals surface area contributed by atoms with Gasteiger partial charge in [0.2, 0.25) is 10.0 Å². The number of thiophene rings is 1. The van der Waals surface area contributed by atoms with E-state index >= 15 is 0 Å². The second-order valence-electron chi connectivity index (χ2n) is 4.04. The van der Waals surface area contributed by atoms with Crippen molar-refractivity contribution in [3.8, 4) is 0 Å². The summed E-state index contributed by atoms with van der Waals surface area (Å²) in [6, 6.07) is -3.59. The summed E-state index contributed by atoms with van der Waals surface area (Å²) in [4.78, 5) is 0. The summed E-state index contributed by atoms with van der Waals surface area (Å²) >= 11 is -0.134. The molecule has 0 spiro atoms. The van der Waals surface area contributed by atoms with Gasteiger partial charge in [0.25, 0.3) is 10.0 Å². The number of rotatable bonds is 7. The number of ether oxygens (including phenoxy) is 1. The number of nitrogens with two attached hydrogens (primary N) is 1. The Morgan fingerprint density at radius 2 is 2.48 bits per heavy atom. The highest BCUT2D eigenvalue weighted by Gasteiger charge is 2.39. The van der Waals surface area contributed by atoms with Crippen LogP contribution in [0, 0.1) is 0 Å². The Balaban J connectivity index is 2.96. The fraction of sp³-hybridized carbons (Fsp3) is 0.667. The summed E-state index contributed by atoms with van der Waals surface area (Å²) in [5.41, 5.74) is -0.973. The minimum absolute atomic E-state index is 0.134. The van der Waals surface area contributed by atoms with Crippen LogP contribution in [0.3, 0.4) is 0 Å². The second kappa shape index (κ2) is 7.13. The molecule has 0 aromatic carbocycles. The monoisotopic (exact) mass is 395 g/mol. The Hall–Kier alpha value is -0.560. The van der Waals surface area contributed by atoms with Crippen LogP contribution in [0.2, 0.25) is 0 Å². The predicted molar refractivity (Wildman–Crippen MR) is 87.4 cm³/mol. The van der Waals surface area contributed by atoms with E-state index < -0.39 is 89.7 Å². The number of hydrogen-bond donors (Lipinski definition) is 2. The number of nitrogens with zero attached hydrogens (tertiary/aromatic N) is 1. The summed E-state index contributed by atoms with van der Waals surface area (Å²) in [6.45, 7) is -16.8. The first-order chi connectivity index (χ1) is 15.2.